The van der Waals surface area contributed by atoms with E-state index in [1.54, 1.807) is 0 Å². The van der Waals surface area contributed by atoms with Gasteiger partial charge < -0.3 is 10.4 Å². The topological polar surface area (TPSA) is 49.3 Å². The van der Waals surface area contributed by atoms with E-state index in [2.05, 4.69) is 21.2 Å². The summed E-state index contributed by atoms with van der Waals surface area (Å²) in [5, 5.41) is 11.3. The minimum atomic E-state index is -1.71. The maximum atomic E-state index is 13.4. The second-order valence-electron chi connectivity index (χ2n) is 3.71. The normalized spacial score (nSPS) is 12.3. The molecule has 0 radical (unpaired) electrons. The molecule has 3 nitrogen and oxygen atoms in total. The SMILES string of the molecule is CC(Br)CCNC(=O)c1cc(F)c(F)c(O)c1F. The number of halogens is 4. The van der Waals surface area contributed by atoms with Crippen LogP contribution in [0.5, 0.6) is 5.75 Å². The Morgan fingerprint density at radius 3 is 2.61 bits per heavy atom. The third-order valence-electron chi connectivity index (χ3n) is 2.21. The molecule has 0 aliphatic heterocycles. The molecule has 1 rings (SSSR count). The lowest BCUT2D eigenvalue weighted by Gasteiger charge is -2.08. The Kier molecular flexibility index (Phi) is 5.01. The number of carbonyl (C=O) groups is 1. The third-order valence-corrected chi connectivity index (χ3v) is 2.66. The molecule has 7 heteroatoms. The lowest BCUT2D eigenvalue weighted by Crippen LogP contribution is -2.26. The number of hydrogen-bond acceptors (Lipinski definition) is 2. The van der Waals surface area contributed by atoms with Crippen LogP contribution in [0.3, 0.4) is 0 Å². The van der Waals surface area contributed by atoms with E-state index >= 15 is 0 Å². The van der Waals surface area contributed by atoms with Gasteiger partial charge in [0.05, 0.1) is 5.56 Å². The minimum Gasteiger partial charge on any atom is -0.503 e. The zero-order valence-electron chi connectivity index (χ0n) is 9.44. The molecule has 0 aliphatic carbocycles. The van der Waals surface area contributed by atoms with Gasteiger partial charge in [0.25, 0.3) is 5.91 Å². The monoisotopic (exact) mass is 325 g/mol. The first kappa shape index (κ1) is 14.8. The zero-order chi connectivity index (χ0) is 13.9. The summed E-state index contributed by atoms with van der Waals surface area (Å²) in [5.41, 5.74) is -0.728. The Bertz CT molecular complexity index is 466. The number of alkyl halides is 1. The molecule has 0 saturated heterocycles. The van der Waals surface area contributed by atoms with Gasteiger partial charge in [0.2, 0.25) is 5.82 Å². The fourth-order valence-corrected chi connectivity index (χ4v) is 1.46. The fraction of sp³-hybridized carbons (Fsp3) is 0.364. The second kappa shape index (κ2) is 6.08. The van der Waals surface area contributed by atoms with Gasteiger partial charge in [-0.3, -0.25) is 4.79 Å². The Balaban J connectivity index is 2.87. The average molecular weight is 326 g/mol. The summed E-state index contributed by atoms with van der Waals surface area (Å²) in [6, 6.07) is 0.414. The van der Waals surface area contributed by atoms with E-state index in [-0.39, 0.29) is 11.4 Å². The van der Waals surface area contributed by atoms with Gasteiger partial charge in [0.15, 0.2) is 17.4 Å². The van der Waals surface area contributed by atoms with Crippen LogP contribution in [0.1, 0.15) is 23.7 Å². The number of phenolic OH excluding ortho intramolecular Hbond substituents is 1. The van der Waals surface area contributed by atoms with E-state index in [0.29, 0.717) is 12.5 Å². The van der Waals surface area contributed by atoms with Crippen molar-refractivity contribution in [2.24, 2.45) is 0 Å². The molecule has 0 aromatic heterocycles. The maximum Gasteiger partial charge on any atom is 0.254 e. The average Bonchev–Trinajstić information content (AvgIpc) is 2.30. The fourth-order valence-electron chi connectivity index (χ4n) is 1.24. The van der Waals surface area contributed by atoms with Crippen molar-refractivity contribution in [1.29, 1.82) is 0 Å². The first-order valence-corrected chi connectivity index (χ1v) is 6.05. The molecule has 2 N–H and O–H groups in total. The summed E-state index contributed by atoms with van der Waals surface area (Å²) in [6.07, 6.45) is 0.586. The van der Waals surface area contributed by atoms with Gasteiger partial charge in [-0.05, 0) is 12.5 Å². The molecule has 0 bridgehead atoms. The molecule has 1 amide bonds. The Hall–Kier alpha value is -1.24. The molecule has 1 aromatic rings. The highest BCUT2D eigenvalue weighted by atomic mass is 79.9. The van der Waals surface area contributed by atoms with Crippen LogP contribution >= 0.6 is 15.9 Å². The Morgan fingerprint density at radius 2 is 2.06 bits per heavy atom. The molecule has 0 heterocycles. The van der Waals surface area contributed by atoms with Crippen molar-refractivity contribution in [3.8, 4) is 5.75 Å². The minimum absolute atomic E-state index is 0.154. The number of hydrogen-bond donors (Lipinski definition) is 2. The van der Waals surface area contributed by atoms with Crippen molar-refractivity contribution >= 4 is 21.8 Å². The molecule has 0 aliphatic rings. The first-order chi connectivity index (χ1) is 8.34. The van der Waals surface area contributed by atoms with Crippen LogP contribution in [0.15, 0.2) is 6.07 Å². The van der Waals surface area contributed by atoms with Crippen LogP contribution in [0.4, 0.5) is 13.2 Å². The molecular weight excluding hydrogens is 315 g/mol. The number of nitrogens with one attached hydrogen (secondary N) is 1. The zero-order valence-corrected chi connectivity index (χ0v) is 11.0. The second-order valence-corrected chi connectivity index (χ2v) is 5.27. The lowest BCUT2D eigenvalue weighted by molar-refractivity contribution is 0.0947. The van der Waals surface area contributed by atoms with Crippen LogP contribution in [-0.2, 0) is 0 Å². The highest BCUT2D eigenvalue weighted by Crippen LogP contribution is 2.25. The van der Waals surface area contributed by atoms with Gasteiger partial charge in [-0.2, -0.15) is 4.39 Å². The van der Waals surface area contributed by atoms with Crippen molar-refractivity contribution < 1.29 is 23.1 Å². The molecule has 0 saturated carbocycles. The Morgan fingerprint density at radius 1 is 1.44 bits per heavy atom. The van der Waals surface area contributed by atoms with Gasteiger partial charge in [-0.15, -0.1) is 0 Å². The van der Waals surface area contributed by atoms with Crippen molar-refractivity contribution in [3.05, 3.63) is 29.1 Å². The molecule has 18 heavy (non-hydrogen) atoms. The van der Waals surface area contributed by atoms with E-state index in [0.717, 1.165) is 0 Å². The summed E-state index contributed by atoms with van der Waals surface area (Å²) in [4.78, 5) is 11.6. The van der Waals surface area contributed by atoms with E-state index in [4.69, 9.17) is 5.11 Å². The van der Waals surface area contributed by atoms with E-state index < -0.39 is 34.7 Å². The standard InChI is InChI=1S/C11H11BrF3NO2/c1-5(12)2-3-16-11(18)6-4-7(13)9(15)10(17)8(6)14/h4-5,17H,2-3H2,1H3,(H,16,18). The highest BCUT2D eigenvalue weighted by molar-refractivity contribution is 9.09. The van der Waals surface area contributed by atoms with Crippen molar-refractivity contribution in [1.82, 2.24) is 5.32 Å². The number of carbonyl (C=O) groups excluding carboxylic acids is 1. The molecule has 0 spiro atoms. The van der Waals surface area contributed by atoms with Crippen LogP contribution in [-0.4, -0.2) is 22.4 Å². The number of rotatable bonds is 4. The van der Waals surface area contributed by atoms with Crippen LogP contribution in [0.2, 0.25) is 0 Å². The predicted octanol–water partition coefficient (Wildman–Crippen LogP) is 2.71. The molecule has 0 fully saturated rings. The summed E-state index contributed by atoms with van der Waals surface area (Å²) >= 11 is 3.25. The molecule has 100 valence electrons. The van der Waals surface area contributed by atoms with E-state index in [9.17, 15) is 18.0 Å². The molecular formula is C11H11BrF3NO2. The van der Waals surface area contributed by atoms with E-state index in [1.807, 2.05) is 6.92 Å². The third kappa shape index (κ3) is 3.38. The summed E-state index contributed by atoms with van der Waals surface area (Å²) in [5.74, 6) is -7.06. The summed E-state index contributed by atoms with van der Waals surface area (Å²) < 4.78 is 39.1. The van der Waals surface area contributed by atoms with Crippen molar-refractivity contribution in [2.45, 2.75) is 18.2 Å². The molecule has 1 unspecified atom stereocenters. The van der Waals surface area contributed by atoms with Crippen LogP contribution in [0.25, 0.3) is 0 Å². The summed E-state index contributed by atoms with van der Waals surface area (Å²) in [6.45, 7) is 2.10. The number of phenols is 1. The van der Waals surface area contributed by atoms with Crippen LogP contribution < -0.4 is 5.32 Å². The van der Waals surface area contributed by atoms with Gasteiger partial charge in [-0.1, -0.05) is 22.9 Å². The molecule has 1 atom stereocenters. The first-order valence-electron chi connectivity index (χ1n) is 5.13. The van der Waals surface area contributed by atoms with E-state index in [1.165, 1.54) is 0 Å². The number of benzene rings is 1. The number of aromatic hydroxyl groups is 1. The number of amides is 1. The maximum absolute atomic E-state index is 13.4. The van der Waals surface area contributed by atoms with Crippen molar-refractivity contribution in [3.63, 3.8) is 0 Å². The Labute approximate surface area is 110 Å². The van der Waals surface area contributed by atoms with Gasteiger partial charge in [0, 0.05) is 11.4 Å². The summed E-state index contributed by atoms with van der Waals surface area (Å²) in [7, 11) is 0. The molecule has 1 aromatic carbocycles. The predicted molar refractivity (Wildman–Crippen MR) is 63.3 cm³/mol. The smallest absolute Gasteiger partial charge is 0.254 e. The van der Waals surface area contributed by atoms with Gasteiger partial charge in [0.1, 0.15) is 0 Å². The highest BCUT2D eigenvalue weighted by Gasteiger charge is 2.22. The van der Waals surface area contributed by atoms with Gasteiger partial charge >= 0.3 is 0 Å². The van der Waals surface area contributed by atoms with Crippen molar-refractivity contribution in [2.75, 3.05) is 6.54 Å². The van der Waals surface area contributed by atoms with Crippen LogP contribution in [0, 0.1) is 17.5 Å². The largest absolute Gasteiger partial charge is 0.503 e. The quantitative estimate of drug-likeness (QED) is 0.660. The lowest BCUT2D eigenvalue weighted by atomic mass is 10.1. The van der Waals surface area contributed by atoms with Gasteiger partial charge in [-0.25, -0.2) is 8.78 Å².